The maximum absolute atomic E-state index is 14.5. The van der Waals surface area contributed by atoms with Crippen molar-refractivity contribution in [2.24, 2.45) is 5.92 Å². The molecule has 4 aromatic carbocycles. The van der Waals surface area contributed by atoms with Crippen molar-refractivity contribution >= 4 is 61.1 Å². The van der Waals surface area contributed by atoms with E-state index in [1.807, 2.05) is 35.2 Å². The fourth-order valence-corrected chi connectivity index (χ4v) is 9.48. The number of carbonyl (C=O) groups excluding carboxylic acids is 1. The van der Waals surface area contributed by atoms with E-state index in [1.54, 1.807) is 42.6 Å². The number of fused-ring (bicyclic) bond motifs is 1. The maximum Gasteiger partial charge on any atom is 0.338 e. The number of piperazine rings is 1. The molecule has 0 spiro atoms. The van der Waals surface area contributed by atoms with E-state index in [0.717, 1.165) is 35.7 Å². The summed E-state index contributed by atoms with van der Waals surface area (Å²) in [5.74, 6) is -1.05. The summed E-state index contributed by atoms with van der Waals surface area (Å²) in [5.41, 5.74) is 4.00. The Hall–Kier alpha value is -5.45. The van der Waals surface area contributed by atoms with Gasteiger partial charge in [0.2, 0.25) is 5.75 Å². The summed E-state index contributed by atoms with van der Waals surface area (Å²) < 4.78 is 49.3. The van der Waals surface area contributed by atoms with Crippen LogP contribution < -0.4 is 19.7 Å². The summed E-state index contributed by atoms with van der Waals surface area (Å²) in [7, 11) is -4.78. The second kappa shape index (κ2) is 17.9. The Morgan fingerprint density at radius 2 is 1.74 bits per heavy atom. The number of rotatable bonds is 13. The molecule has 3 N–H and O–H groups in total. The predicted octanol–water partition coefficient (Wildman–Crippen LogP) is 8.25. The van der Waals surface area contributed by atoms with Crippen LogP contribution in [0.5, 0.6) is 11.5 Å². The van der Waals surface area contributed by atoms with Gasteiger partial charge in [-0.2, -0.15) is 0 Å². The van der Waals surface area contributed by atoms with Gasteiger partial charge in [-0.1, -0.05) is 41.9 Å². The summed E-state index contributed by atoms with van der Waals surface area (Å²) >= 11 is 6.24. The van der Waals surface area contributed by atoms with Gasteiger partial charge in [-0.25, -0.2) is 13.1 Å². The number of nitrogens with zero attached hydrogens (tertiary/aromatic N) is 3. The van der Waals surface area contributed by atoms with Crippen molar-refractivity contribution in [2.45, 2.75) is 43.6 Å². The number of aromatic nitrogens is 1. The fraction of sp³-hybridized carbons (Fsp3) is 0.356. The number of anilines is 2. The van der Waals surface area contributed by atoms with Gasteiger partial charge in [0, 0.05) is 86.6 Å². The van der Waals surface area contributed by atoms with Crippen LogP contribution in [0.25, 0.3) is 16.5 Å². The molecule has 8 rings (SSSR count). The van der Waals surface area contributed by atoms with Crippen molar-refractivity contribution in [2.75, 3.05) is 69.3 Å². The Morgan fingerprint density at radius 3 is 2.46 bits per heavy atom. The zero-order valence-electron chi connectivity index (χ0n) is 34.1. The fourth-order valence-electron chi connectivity index (χ4n) is 8.23. The normalized spacial score (nSPS) is 17.7. The van der Waals surface area contributed by atoms with Gasteiger partial charge < -0.3 is 29.4 Å². The van der Waals surface area contributed by atoms with E-state index in [9.17, 15) is 23.3 Å². The smallest absolute Gasteiger partial charge is 0.338 e. The van der Waals surface area contributed by atoms with E-state index < -0.39 is 37.2 Å². The minimum absolute atomic E-state index is 0.105. The molecular formula is C45H49ClN6O8S. The molecular weight excluding hydrogens is 820 g/mol. The predicted molar refractivity (Wildman–Crippen MR) is 236 cm³/mol. The Balaban J connectivity index is 1.18. The lowest BCUT2D eigenvalue weighted by Crippen LogP contribution is -2.48. The van der Waals surface area contributed by atoms with Gasteiger partial charge in [0.25, 0.3) is 15.9 Å². The van der Waals surface area contributed by atoms with Crippen molar-refractivity contribution in [1.29, 1.82) is 0 Å². The molecule has 3 aliphatic rings. The standard InChI is InChI=1S/C45H49ClN6O8S/c1-45(2)26-37(31-8-10-35(46)11-9-31)34(29-59-45)28-50-18-20-51(21-19-50)39-25-40(61(56,57)49-44(53)32-6-4-3-5-7-32)43(60-36-12-13-38-33(24-36)14-17-47-38)42(52(54)55)41(39)48-27-30-15-22-58-23-16-30/h3-14,17,24-25,30,47-48H,15-16,18-23,26-29H2,1-2H3,(H,49,53). The summed E-state index contributed by atoms with van der Waals surface area (Å²) in [6.45, 7) is 8.87. The molecule has 320 valence electrons. The Bertz CT molecular complexity index is 2550. The molecule has 0 atom stereocenters. The molecule has 0 radical (unpaired) electrons. The molecule has 0 saturated carbocycles. The van der Waals surface area contributed by atoms with E-state index >= 15 is 0 Å². The van der Waals surface area contributed by atoms with Gasteiger partial charge in [0.05, 0.1) is 22.8 Å². The number of aromatic amines is 1. The van der Waals surface area contributed by atoms with Crippen LogP contribution in [0.2, 0.25) is 5.02 Å². The van der Waals surface area contributed by atoms with E-state index in [0.29, 0.717) is 69.8 Å². The molecule has 2 saturated heterocycles. The molecule has 1 amide bonds. The van der Waals surface area contributed by atoms with Gasteiger partial charge >= 0.3 is 5.69 Å². The number of ether oxygens (including phenoxy) is 3. The quantitative estimate of drug-likeness (QED) is 0.0770. The van der Waals surface area contributed by atoms with Crippen LogP contribution in [-0.2, 0) is 19.5 Å². The number of benzene rings is 4. The van der Waals surface area contributed by atoms with Gasteiger partial charge in [-0.3, -0.25) is 19.8 Å². The molecule has 0 bridgehead atoms. The average Bonchev–Trinajstić information content (AvgIpc) is 3.72. The average molecular weight is 869 g/mol. The first kappa shape index (κ1) is 42.2. The first-order chi connectivity index (χ1) is 29.3. The number of nitro benzene ring substituents is 1. The van der Waals surface area contributed by atoms with E-state index in [2.05, 4.69) is 33.8 Å². The molecule has 0 unspecified atom stereocenters. The third-order valence-corrected chi connectivity index (χ3v) is 13.2. The number of H-pyrrole nitrogens is 1. The van der Waals surface area contributed by atoms with Crippen LogP contribution >= 0.6 is 11.6 Å². The lowest BCUT2D eigenvalue weighted by atomic mass is 9.87. The molecule has 14 nitrogen and oxygen atoms in total. The molecule has 5 aromatic rings. The zero-order valence-corrected chi connectivity index (χ0v) is 35.7. The summed E-state index contributed by atoms with van der Waals surface area (Å²) in [6, 6.07) is 24.0. The van der Waals surface area contributed by atoms with Crippen LogP contribution in [0, 0.1) is 16.0 Å². The number of nitrogens with one attached hydrogen (secondary N) is 3. The number of hydrogen-bond donors (Lipinski definition) is 3. The van der Waals surface area contributed by atoms with E-state index in [1.165, 1.54) is 29.3 Å². The van der Waals surface area contributed by atoms with Gasteiger partial charge in [0.15, 0.2) is 0 Å². The number of sulfonamides is 1. The lowest BCUT2D eigenvalue weighted by Gasteiger charge is -2.40. The SMILES string of the molecule is CC1(C)CC(c2ccc(Cl)cc2)=C(CN2CCN(c3cc(S(=O)(=O)NC(=O)c4ccccc4)c(Oc4ccc5[nH]ccc5c4)c([N+](=O)[O-])c3NCC3CCOCC3)CC2)CO1. The lowest BCUT2D eigenvalue weighted by molar-refractivity contribution is -0.384. The molecule has 0 aliphatic carbocycles. The molecule has 61 heavy (non-hydrogen) atoms. The van der Waals surface area contributed by atoms with Crippen LogP contribution in [0.1, 0.15) is 49.0 Å². The Labute approximate surface area is 360 Å². The third-order valence-electron chi connectivity index (χ3n) is 11.6. The molecule has 3 aliphatic heterocycles. The molecule has 16 heteroatoms. The van der Waals surface area contributed by atoms with Gasteiger partial charge in [0.1, 0.15) is 16.3 Å². The first-order valence-electron chi connectivity index (χ1n) is 20.5. The second-order valence-electron chi connectivity index (χ2n) is 16.3. The highest BCUT2D eigenvalue weighted by Crippen LogP contribution is 2.49. The van der Waals surface area contributed by atoms with Crippen molar-refractivity contribution in [1.82, 2.24) is 14.6 Å². The van der Waals surface area contributed by atoms with Crippen LogP contribution in [0.4, 0.5) is 17.1 Å². The summed E-state index contributed by atoms with van der Waals surface area (Å²) in [5, 5.41) is 18.2. The highest BCUT2D eigenvalue weighted by atomic mass is 35.5. The third kappa shape index (κ3) is 9.71. The van der Waals surface area contributed by atoms with Gasteiger partial charge in [-0.15, -0.1) is 0 Å². The van der Waals surface area contributed by atoms with Gasteiger partial charge in [-0.05, 0) is 104 Å². The minimum Gasteiger partial charge on any atom is -0.449 e. The number of carbonyl (C=O) groups is 1. The topological polar surface area (TPSA) is 168 Å². The summed E-state index contributed by atoms with van der Waals surface area (Å²) in [4.78, 5) is 33.1. The van der Waals surface area contributed by atoms with E-state index in [4.69, 9.17) is 25.8 Å². The van der Waals surface area contributed by atoms with Crippen LogP contribution in [0.15, 0.2) is 102 Å². The number of halogens is 1. The minimum atomic E-state index is -4.78. The first-order valence-corrected chi connectivity index (χ1v) is 22.3. The van der Waals surface area contributed by atoms with Crippen molar-refractivity contribution in [3.63, 3.8) is 0 Å². The highest BCUT2D eigenvalue weighted by Gasteiger charge is 2.38. The maximum atomic E-state index is 14.5. The summed E-state index contributed by atoms with van der Waals surface area (Å²) in [6.07, 6.45) is 4.02. The molecule has 1 aromatic heterocycles. The van der Waals surface area contributed by atoms with Crippen molar-refractivity contribution < 1.29 is 32.3 Å². The molecule has 4 heterocycles. The number of nitro groups is 1. The Kier molecular flexibility index (Phi) is 12.4. The number of hydrogen-bond acceptors (Lipinski definition) is 11. The monoisotopic (exact) mass is 868 g/mol. The molecule has 2 fully saturated rings. The largest absolute Gasteiger partial charge is 0.449 e. The highest BCUT2D eigenvalue weighted by molar-refractivity contribution is 7.90. The zero-order chi connectivity index (χ0) is 42.7. The second-order valence-corrected chi connectivity index (χ2v) is 18.4. The number of amides is 1. The van der Waals surface area contributed by atoms with Crippen molar-refractivity contribution in [3.8, 4) is 11.5 Å². The van der Waals surface area contributed by atoms with Crippen molar-refractivity contribution in [3.05, 3.63) is 123 Å². The van der Waals surface area contributed by atoms with Crippen LogP contribution in [-0.4, -0.2) is 93.8 Å². The van der Waals surface area contributed by atoms with E-state index in [-0.39, 0.29) is 28.5 Å². The Morgan fingerprint density at radius 1 is 1.00 bits per heavy atom. The van der Waals surface area contributed by atoms with Crippen LogP contribution in [0.3, 0.4) is 0 Å².